The second-order valence-corrected chi connectivity index (χ2v) is 12.2. The maximum atomic E-state index is 13.5. The van der Waals surface area contributed by atoms with Gasteiger partial charge in [-0.3, -0.25) is 4.98 Å². The molecule has 5 aromatic rings. The molecule has 3 atom stereocenters. The summed E-state index contributed by atoms with van der Waals surface area (Å²) < 4.78 is 44.0. The molecular formula is C30H25FN4O2S. The molecule has 0 bridgehead atoms. The Bertz CT molecular complexity index is 1770. The molecule has 190 valence electrons. The first-order valence-electron chi connectivity index (χ1n) is 12.6. The number of pyridine rings is 1. The summed E-state index contributed by atoms with van der Waals surface area (Å²) in [6.45, 7) is 2.96. The standard InChI is InChI=1S/C30H25FN4O2S/c1-20-14-28-22(16-33-35(28)24-11-9-23(31)10-12-24)15-26(20)30-19-34(38(36,37)25-8-5-13-32-17-25)18-27(30)29(30)21-6-3-2-4-7-21/h2-17,27,29H,18-19H2,1H3/t27-,29-,30+/m0/s1. The Morgan fingerprint density at radius 3 is 2.50 bits per heavy atom. The van der Waals surface area contributed by atoms with Crippen molar-refractivity contribution in [3.63, 3.8) is 0 Å². The van der Waals surface area contributed by atoms with Gasteiger partial charge < -0.3 is 0 Å². The molecule has 1 saturated carbocycles. The zero-order valence-electron chi connectivity index (χ0n) is 20.7. The summed E-state index contributed by atoms with van der Waals surface area (Å²) in [5.41, 5.74) is 4.87. The summed E-state index contributed by atoms with van der Waals surface area (Å²) in [5, 5.41) is 5.56. The lowest BCUT2D eigenvalue weighted by molar-refractivity contribution is 0.421. The van der Waals surface area contributed by atoms with Crippen LogP contribution in [0.2, 0.25) is 0 Å². The number of benzene rings is 3. The number of halogens is 1. The molecule has 1 aliphatic carbocycles. The van der Waals surface area contributed by atoms with Gasteiger partial charge in [0.05, 0.1) is 17.4 Å². The van der Waals surface area contributed by atoms with Crippen LogP contribution in [0.4, 0.5) is 4.39 Å². The quantitative estimate of drug-likeness (QED) is 0.316. The van der Waals surface area contributed by atoms with Gasteiger partial charge in [0.2, 0.25) is 10.0 Å². The summed E-state index contributed by atoms with van der Waals surface area (Å²) in [6, 6.07) is 24.2. The van der Waals surface area contributed by atoms with Crippen LogP contribution in [0, 0.1) is 18.7 Å². The van der Waals surface area contributed by atoms with Gasteiger partial charge in [-0.15, -0.1) is 0 Å². The van der Waals surface area contributed by atoms with E-state index in [1.165, 1.54) is 23.9 Å². The van der Waals surface area contributed by atoms with Crippen molar-refractivity contribution in [2.45, 2.75) is 23.2 Å². The third kappa shape index (κ3) is 3.37. The third-order valence-electron chi connectivity index (χ3n) is 8.27. The highest BCUT2D eigenvalue weighted by Crippen LogP contribution is 2.70. The maximum Gasteiger partial charge on any atom is 0.244 e. The van der Waals surface area contributed by atoms with Crippen LogP contribution in [0.15, 0.2) is 102 Å². The van der Waals surface area contributed by atoms with E-state index < -0.39 is 10.0 Å². The Labute approximate surface area is 220 Å². The van der Waals surface area contributed by atoms with Crippen molar-refractivity contribution < 1.29 is 12.8 Å². The van der Waals surface area contributed by atoms with Crippen molar-refractivity contribution in [3.8, 4) is 5.69 Å². The van der Waals surface area contributed by atoms with E-state index in [0.717, 1.165) is 27.7 Å². The van der Waals surface area contributed by atoms with Gasteiger partial charge in [0, 0.05) is 42.2 Å². The Balaban J connectivity index is 1.33. The first-order valence-corrected chi connectivity index (χ1v) is 14.0. The molecular weight excluding hydrogens is 499 g/mol. The van der Waals surface area contributed by atoms with E-state index in [2.05, 4.69) is 41.3 Å². The minimum atomic E-state index is -3.66. The minimum Gasteiger partial charge on any atom is -0.263 e. The summed E-state index contributed by atoms with van der Waals surface area (Å²) in [7, 11) is -3.66. The fourth-order valence-electron chi connectivity index (χ4n) is 6.52. The van der Waals surface area contributed by atoms with Gasteiger partial charge >= 0.3 is 0 Å². The van der Waals surface area contributed by atoms with E-state index in [1.807, 2.05) is 29.1 Å². The van der Waals surface area contributed by atoms with Crippen molar-refractivity contribution in [1.29, 1.82) is 0 Å². The molecule has 1 saturated heterocycles. The summed E-state index contributed by atoms with van der Waals surface area (Å²) in [6.07, 6.45) is 4.83. The number of nitrogens with zero attached hydrogens (tertiary/aromatic N) is 4. The monoisotopic (exact) mass is 524 g/mol. The Kier molecular flexibility index (Phi) is 5.09. The molecule has 8 heteroatoms. The molecule has 0 spiro atoms. The molecule has 6 nitrogen and oxygen atoms in total. The zero-order valence-corrected chi connectivity index (χ0v) is 21.5. The molecule has 2 aliphatic rings. The van der Waals surface area contributed by atoms with E-state index >= 15 is 0 Å². The Morgan fingerprint density at radius 1 is 0.974 bits per heavy atom. The van der Waals surface area contributed by atoms with Gasteiger partial charge in [0.25, 0.3) is 0 Å². The lowest BCUT2D eigenvalue weighted by Crippen LogP contribution is -2.34. The molecule has 1 aliphatic heterocycles. The van der Waals surface area contributed by atoms with Crippen LogP contribution in [-0.4, -0.2) is 40.6 Å². The van der Waals surface area contributed by atoms with E-state index in [1.54, 1.807) is 34.8 Å². The van der Waals surface area contributed by atoms with Gasteiger partial charge in [0.1, 0.15) is 10.7 Å². The topological polar surface area (TPSA) is 68.1 Å². The highest BCUT2D eigenvalue weighted by Gasteiger charge is 2.71. The minimum absolute atomic E-state index is 0.166. The van der Waals surface area contributed by atoms with Crippen molar-refractivity contribution in [3.05, 3.63) is 120 Å². The second-order valence-electron chi connectivity index (χ2n) is 10.3. The molecule has 0 radical (unpaired) electrons. The number of hydrogen-bond acceptors (Lipinski definition) is 4. The average molecular weight is 525 g/mol. The van der Waals surface area contributed by atoms with Gasteiger partial charge in [-0.2, -0.15) is 9.40 Å². The van der Waals surface area contributed by atoms with Crippen LogP contribution in [0.25, 0.3) is 16.6 Å². The number of aryl methyl sites for hydroxylation is 1. The van der Waals surface area contributed by atoms with Gasteiger partial charge in [-0.05, 0) is 78.1 Å². The summed E-state index contributed by atoms with van der Waals surface area (Å²) >= 11 is 0. The largest absolute Gasteiger partial charge is 0.263 e. The molecule has 2 fully saturated rings. The normalized spacial score (nSPS) is 23.0. The number of sulfonamides is 1. The van der Waals surface area contributed by atoms with E-state index in [9.17, 15) is 12.8 Å². The third-order valence-corrected chi connectivity index (χ3v) is 10.1. The van der Waals surface area contributed by atoms with Gasteiger partial charge in [-0.1, -0.05) is 30.3 Å². The van der Waals surface area contributed by atoms with Crippen LogP contribution < -0.4 is 0 Å². The van der Waals surface area contributed by atoms with Crippen molar-refractivity contribution in [2.75, 3.05) is 13.1 Å². The number of fused-ring (bicyclic) bond motifs is 2. The van der Waals surface area contributed by atoms with Gasteiger partial charge in [-0.25, -0.2) is 17.5 Å². The van der Waals surface area contributed by atoms with Crippen LogP contribution in [0.5, 0.6) is 0 Å². The zero-order chi connectivity index (χ0) is 26.1. The van der Waals surface area contributed by atoms with E-state index in [0.29, 0.717) is 13.1 Å². The molecule has 0 amide bonds. The molecule has 3 aromatic carbocycles. The summed E-state index contributed by atoms with van der Waals surface area (Å²) in [5.74, 6) is 0.105. The van der Waals surface area contributed by atoms with Crippen LogP contribution in [0.1, 0.15) is 22.6 Å². The fourth-order valence-corrected chi connectivity index (χ4v) is 8.00. The Morgan fingerprint density at radius 2 is 1.76 bits per heavy atom. The molecule has 0 unspecified atom stereocenters. The van der Waals surface area contributed by atoms with E-state index in [-0.39, 0.29) is 28.0 Å². The van der Waals surface area contributed by atoms with Crippen molar-refractivity contribution >= 4 is 20.9 Å². The lowest BCUT2D eigenvalue weighted by Gasteiger charge is -2.25. The van der Waals surface area contributed by atoms with Crippen LogP contribution in [0.3, 0.4) is 0 Å². The maximum absolute atomic E-state index is 13.5. The summed E-state index contributed by atoms with van der Waals surface area (Å²) in [4.78, 5) is 4.26. The highest BCUT2D eigenvalue weighted by molar-refractivity contribution is 7.89. The molecule has 2 aromatic heterocycles. The first-order chi connectivity index (χ1) is 18.4. The number of hydrogen-bond donors (Lipinski definition) is 0. The van der Waals surface area contributed by atoms with Crippen molar-refractivity contribution in [1.82, 2.24) is 19.1 Å². The molecule has 0 N–H and O–H groups in total. The van der Waals surface area contributed by atoms with Crippen LogP contribution >= 0.6 is 0 Å². The van der Waals surface area contributed by atoms with Gasteiger partial charge in [0.15, 0.2) is 0 Å². The smallest absolute Gasteiger partial charge is 0.244 e. The number of rotatable bonds is 5. The first kappa shape index (κ1) is 23.3. The highest BCUT2D eigenvalue weighted by atomic mass is 32.2. The van der Waals surface area contributed by atoms with Crippen molar-refractivity contribution in [2.24, 2.45) is 5.92 Å². The number of aromatic nitrogens is 3. The van der Waals surface area contributed by atoms with E-state index in [4.69, 9.17) is 0 Å². The predicted molar refractivity (Wildman–Crippen MR) is 143 cm³/mol. The Hall–Kier alpha value is -3.88. The fraction of sp³-hybridized carbons (Fsp3) is 0.200. The predicted octanol–water partition coefficient (Wildman–Crippen LogP) is 5.22. The number of piperidine rings is 1. The second kappa shape index (κ2) is 8.31. The molecule has 7 rings (SSSR count). The lowest BCUT2D eigenvalue weighted by atomic mass is 9.87. The van der Waals surface area contributed by atoms with Crippen LogP contribution in [-0.2, 0) is 15.4 Å². The average Bonchev–Trinajstić information content (AvgIpc) is 3.20. The molecule has 38 heavy (non-hydrogen) atoms. The SMILES string of the molecule is Cc1cc2c(cnn2-c2ccc(F)cc2)cc1[C@]12CN(S(=O)(=O)c3cccnc3)C[C@H]1[C@@H]2c1ccccc1. The molecule has 3 heterocycles.